The molecule has 1 aromatic heterocycles. The molecule has 0 unspecified atom stereocenters. The number of carbonyl (C=O) groups excluding carboxylic acids is 2. The van der Waals surface area contributed by atoms with Gasteiger partial charge in [-0.2, -0.15) is 5.10 Å². The zero-order chi connectivity index (χ0) is 21.1. The highest BCUT2D eigenvalue weighted by Crippen LogP contribution is 2.26. The number of hydrogen-bond acceptors (Lipinski definition) is 4. The average Bonchev–Trinajstić information content (AvgIpc) is 3.21. The second-order valence-electron chi connectivity index (χ2n) is 7.99. The van der Waals surface area contributed by atoms with E-state index in [1.165, 1.54) is 0 Å². The van der Waals surface area contributed by atoms with Gasteiger partial charge in [-0.25, -0.2) is 0 Å². The lowest BCUT2D eigenvalue weighted by molar-refractivity contribution is -0.132. The number of rotatable bonds is 6. The maximum Gasteiger partial charge on any atom is 0.222 e. The number of ether oxygens (including phenoxy) is 1. The number of benzene rings is 2. The van der Waals surface area contributed by atoms with Gasteiger partial charge in [0.25, 0.3) is 0 Å². The fourth-order valence-corrected chi connectivity index (χ4v) is 4.17. The Kier molecular flexibility index (Phi) is 5.84. The molecule has 1 atom stereocenters. The smallest absolute Gasteiger partial charge is 0.222 e. The number of hydrogen-bond donors (Lipinski definition) is 0. The van der Waals surface area contributed by atoms with E-state index >= 15 is 0 Å². The van der Waals surface area contributed by atoms with Gasteiger partial charge in [-0.05, 0) is 53.8 Å². The van der Waals surface area contributed by atoms with Crippen LogP contribution in [0.1, 0.15) is 35.2 Å². The number of carbonyl (C=O) groups is 2. The summed E-state index contributed by atoms with van der Waals surface area (Å²) in [5.41, 5.74) is 1.77. The summed E-state index contributed by atoms with van der Waals surface area (Å²) in [6, 6.07) is 11.6. The first-order valence-electron chi connectivity index (χ1n) is 10.4. The Hall–Kier alpha value is -3.15. The summed E-state index contributed by atoms with van der Waals surface area (Å²) in [6.45, 7) is 1.23. The second-order valence-corrected chi connectivity index (χ2v) is 7.99. The SMILES string of the molecule is COc1ccc2cc(C(=O)[C@@H]3CCCN(C(=O)CCc4cnn(C)c4)C3)ccc2c1. The molecule has 1 aliphatic heterocycles. The van der Waals surface area contributed by atoms with Crippen LogP contribution >= 0.6 is 0 Å². The van der Waals surface area contributed by atoms with Gasteiger partial charge in [0.05, 0.1) is 13.3 Å². The molecule has 0 spiro atoms. The van der Waals surface area contributed by atoms with Crippen LogP contribution in [-0.4, -0.2) is 46.6 Å². The van der Waals surface area contributed by atoms with E-state index in [1.807, 2.05) is 54.5 Å². The predicted octanol–water partition coefficient (Wildman–Crippen LogP) is 3.64. The standard InChI is InChI=1S/C24H27N3O3/c1-26-15-17(14-25-26)5-10-23(28)27-11-3-4-21(16-27)24(29)20-7-6-19-13-22(30-2)9-8-18(19)12-20/h6-9,12-15,21H,3-5,10-11,16H2,1-2H3/t21-/m1/s1. The van der Waals surface area contributed by atoms with Crippen molar-refractivity contribution >= 4 is 22.5 Å². The lowest BCUT2D eigenvalue weighted by Gasteiger charge is -2.32. The van der Waals surface area contributed by atoms with Gasteiger partial charge in [-0.3, -0.25) is 14.3 Å². The van der Waals surface area contributed by atoms with Crippen molar-refractivity contribution in [2.45, 2.75) is 25.7 Å². The fraction of sp³-hybridized carbons (Fsp3) is 0.375. The molecule has 2 heterocycles. The van der Waals surface area contributed by atoms with E-state index in [1.54, 1.807) is 18.0 Å². The lowest BCUT2D eigenvalue weighted by Crippen LogP contribution is -2.42. The van der Waals surface area contributed by atoms with Crippen molar-refractivity contribution in [1.29, 1.82) is 0 Å². The molecule has 3 aromatic rings. The van der Waals surface area contributed by atoms with Crippen molar-refractivity contribution in [1.82, 2.24) is 14.7 Å². The van der Waals surface area contributed by atoms with Crippen molar-refractivity contribution in [2.75, 3.05) is 20.2 Å². The highest BCUT2D eigenvalue weighted by atomic mass is 16.5. The molecule has 0 radical (unpaired) electrons. The normalized spacial score (nSPS) is 16.6. The van der Waals surface area contributed by atoms with E-state index in [9.17, 15) is 9.59 Å². The van der Waals surface area contributed by atoms with Crippen LogP contribution in [0, 0.1) is 5.92 Å². The Morgan fingerprint density at radius 1 is 1.17 bits per heavy atom. The van der Waals surface area contributed by atoms with Crippen LogP contribution in [0.25, 0.3) is 10.8 Å². The van der Waals surface area contributed by atoms with Crippen LogP contribution in [0.4, 0.5) is 0 Å². The number of likely N-dealkylation sites (tertiary alicyclic amines) is 1. The van der Waals surface area contributed by atoms with Crippen molar-refractivity contribution in [3.8, 4) is 5.75 Å². The van der Waals surface area contributed by atoms with E-state index in [4.69, 9.17) is 4.74 Å². The quantitative estimate of drug-likeness (QED) is 0.588. The van der Waals surface area contributed by atoms with Crippen LogP contribution in [0.2, 0.25) is 0 Å². The van der Waals surface area contributed by atoms with Crippen LogP contribution in [-0.2, 0) is 18.3 Å². The predicted molar refractivity (Wildman–Crippen MR) is 116 cm³/mol. The van der Waals surface area contributed by atoms with Gasteiger partial charge in [-0.15, -0.1) is 0 Å². The molecule has 0 N–H and O–H groups in total. The first-order chi connectivity index (χ1) is 14.5. The Balaban J connectivity index is 1.41. The van der Waals surface area contributed by atoms with Crippen LogP contribution in [0.15, 0.2) is 48.8 Å². The third kappa shape index (κ3) is 4.37. The summed E-state index contributed by atoms with van der Waals surface area (Å²) < 4.78 is 7.01. The molecule has 0 bridgehead atoms. The minimum atomic E-state index is -0.142. The number of nitrogens with zero attached hydrogens (tertiary/aromatic N) is 3. The average molecular weight is 405 g/mol. The van der Waals surface area contributed by atoms with Gasteiger partial charge in [0, 0.05) is 44.2 Å². The number of fused-ring (bicyclic) bond motifs is 1. The molecule has 0 aliphatic carbocycles. The van der Waals surface area contributed by atoms with E-state index in [-0.39, 0.29) is 17.6 Å². The maximum atomic E-state index is 13.1. The minimum absolute atomic E-state index is 0.113. The molecule has 1 aliphatic rings. The Bertz CT molecular complexity index is 1070. The molecule has 6 heteroatoms. The van der Waals surface area contributed by atoms with Crippen molar-refractivity contribution in [3.63, 3.8) is 0 Å². The largest absolute Gasteiger partial charge is 0.497 e. The van der Waals surface area contributed by atoms with Crippen molar-refractivity contribution in [3.05, 3.63) is 59.9 Å². The van der Waals surface area contributed by atoms with Crippen molar-refractivity contribution in [2.24, 2.45) is 13.0 Å². The monoisotopic (exact) mass is 405 g/mol. The summed E-state index contributed by atoms with van der Waals surface area (Å²) in [6.07, 6.45) is 6.54. The summed E-state index contributed by atoms with van der Waals surface area (Å²) in [4.78, 5) is 27.7. The number of aryl methyl sites for hydroxylation is 2. The maximum absolute atomic E-state index is 13.1. The highest BCUT2D eigenvalue weighted by molar-refractivity contribution is 6.01. The van der Waals surface area contributed by atoms with Crippen LogP contribution in [0.5, 0.6) is 5.75 Å². The molecule has 1 amide bonds. The Labute approximate surface area is 176 Å². The lowest BCUT2D eigenvalue weighted by atomic mass is 9.89. The first-order valence-corrected chi connectivity index (χ1v) is 10.4. The molecule has 2 aromatic carbocycles. The van der Waals surface area contributed by atoms with Gasteiger partial charge in [0.15, 0.2) is 5.78 Å². The third-order valence-electron chi connectivity index (χ3n) is 5.86. The number of ketones is 1. The van der Waals surface area contributed by atoms with Crippen LogP contribution in [0.3, 0.4) is 0 Å². The van der Waals surface area contributed by atoms with Gasteiger partial charge >= 0.3 is 0 Å². The van der Waals surface area contributed by atoms with E-state index in [0.717, 1.165) is 41.5 Å². The fourth-order valence-electron chi connectivity index (χ4n) is 4.17. The summed E-state index contributed by atoms with van der Waals surface area (Å²) in [5.74, 6) is 0.894. The Morgan fingerprint density at radius 2 is 1.97 bits per heavy atom. The van der Waals surface area contributed by atoms with Crippen molar-refractivity contribution < 1.29 is 14.3 Å². The Morgan fingerprint density at radius 3 is 2.73 bits per heavy atom. The zero-order valence-corrected chi connectivity index (χ0v) is 17.5. The number of piperidine rings is 1. The topological polar surface area (TPSA) is 64.4 Å². The third-order valence-corrected chi connectivity index (χ3v) is 5.86. The summed E-state index contributed by atoms with van der Waals surface area (Å²) in [5, 5.41) is 6.21. The summed E-state index contributed by atoms with van der Waals surface area (Å²) >= 11 is 0. The molecule has 30 heavy (non-hydrogen) atoms. The van der Waals surface area contributed by atoms with E-state index in [2.05, 4.69) is 5.10 Å². The number of Topliss-reactive ketones (excluding diaryl/α,β-unsaturated/α-hetero) is 1. The van der Waals surface area contributed by atoms with E-state index < -0.39 is 0 Å². The number of aromatic nitrogens is 2. The molecule has 1 saturated heterocycles. The molecule has 4 rings (SSSR count). The first kappa shape index (κ1) is 20.1. The summed E-state index contributed by atoms with van der Waals surface area (Å²) in [7, 11) is 3.52. The molecule has 0 saturated carbocycles. The zero-order valence-electron chi connectivity index (χ0n) is 17.5. The van der Waals surface area contributed by atoms with Gasteiger partial charge in [-0.1, -0.05) is 18.2 Å². The number of amides is 1. The molecular weight excluding hydrogens is 378 g/mol. The minimum Gasteiger partial charge on any atom is -0.497 e. The van der Waals surface area contributed by atoms with Gasteiger partial charge in [0.2, 0.25) is 5.91 Å². The molecule has 156 valence electrons. The molecular formula is C24H27N3O3. The molecule has 6 nitrogen and oxygen atoms in total. The number of methoxy groups -OCH3 is 1. The van der Waals surface area contributed by atoms with Crippen LogP contribution < -0.4 is 4.74 Å². The molecule has 1 fully saturated rings. The van der Waals surface area contributed by atoms with E-state index in [0.29, 0.717) is 24.9 Å². The second kappa shape index (κ2) is 8.69. The van der Waals surface area contributed by atoms with Gasteiger partial charge in [0.1, 0.15) is 5.75 Å². The highest BCUT2D eigenvalue weighted by Gasteiger charge is 2.29. The van der Waals surface area contributed by atoms with Gasteiger partial charge < -0.3 is 9.64 Å².